The second-order valence-electron chi connectivity index (χ2n) is 16.4. The molecule has 0 aromatic heterocycles. The molecule has 33 nitrogen and oxygen atoms in total. The van der Waals surface area contributed by atoms with Gasteiger partial charge in [-0.25, -0.2) is 4.79 Å². The summed E-state index contributed by atoms with van der Waals surface area (Å²) in [6.07, 6.45) is -8.44. The van der Waals surface area contributed by atoms with Crippen LogP contribution in [0.5, 0.6) is 0 Å². The summed E-state index contributed by atoms with van der Waals surface area (Å²) >= 11 is 0. The van der Waals surface area contributed by atoms with Crippen molar-refractivity contribution in [1.29, 1.82) is 0 Å². The van der Waals surface area contributed by atoms with Crippen LogP contribution in [0.25, 0.3) is 0 Å². The Morgan fingerprint density at radius 1 is 0.260 bits per heavy atom. The van der Waals surface area contributed by atoms with Gasteiger partial charge in [-0.1, -0.05) is 0 Å². The van der Waals surface area contributed by atoms with E-state index in [1.807, 2.05) is 0 Å². The maximum absolute atomic E-state index is 13.9. The van der Waals surface area contributed by atoms with Gasteiger partial charge in [0.05, 0.1) is 6.04 Å². The monoisotopic (exact) mass is 1040 g/mol. The van der Waals surface area contributed by atoms with E-state index >= 15 is 0 Å². The first kappa shape index (κ1) is 64.5. The lowest BCUT2D eigenvalue weighted by Gasteiger charge is -2.28. The first-order valence-corrected chi connectivity index (χ1v) is 22.3. The number of carbonyl (C=O) groups is 16. The molecule has 0 saturated carbocycles. The molecule has 8 atom stereocenters. The lowest BCUT2D eigenvalue weighted by atomic mass is 10.0. The molecule has 408 valence electrons. The lowest BCUT2D eigenvalue weighted by molar-refractivity contribution is -0.143. The number of aliphatic carboxylic acids is 1. The maximum atomic E-state index is 13.9. The van der Waals surface area contributed by atoms with Gasteiger partial charge in [-0.05, 0) is 51.4 Å². The van der Waals surface area contributed by atoms with E-state index in [2.05, 4.69) is 37.2 Å². The van der Waals surface area contributed by atoms with Crippen LogP contribution in [0.4, 0.5) is 0 Å². The summed E-state index contributed by atoms with van der Waals surface area (Å²) in [5, 5.41) is 25.1. The number of hydrogen-bond donors (Lipinski definition) is 17. The van der Waals surface area contributed by atoms with Crippen molar-refractivity contribution in [3.8, 4) is 0 Å². The van der Waals surface area contributed by atoms with Crippen molar-refractivity contribution in [2.75, 3.05) is 0 Å². The zero-order chi connectivity index (χ0) is 56.1. The molecule has 0 saturated heterocycles. The summed E-state index contributed by atoms with van der Waals surface area (Å²) in [5.41, 5.74) is 47.6. The second kappa shape index (κ2) is 33.1. The Labute approximate surface area is 415 Å². The SMILES string of the molecule is NC(=O)CC[C@H](N[13C](=O)[13C@H](CCC(N)=O)NC(=O)[C@H](CCC(N)=O)NC(=O)[C@H](CCC(N)=O)NC(=O)[C@H](CCC(N)=O)NC(=O)[C@H](CCC(N)=O)NC(=O)[C@H](CCC(N)=O)NC(=O)[C@@H](N)CCC(N)=O)C(=O)O. The highest BCUT2D eigenvalue weighted by molar-refractivity contribution is 5.98. The number of primary amides is 8. The minimum atomic E-state index is -1.86. The number of nitrogens with two attached hydrogens (primary N) is 9. The highest BCUT2D eigenvalue weighted by atomic mass is 16.4. The lowest BCUT2D eigenvalue weighted by Crippen LogP contribution is -2.60. The standard InChI is InChI=1S/C40H66N16O17/c41-17(1-9-25(42)57)33(65)50-18(2-10-26(43)58)34(66)51-19(3-11-27(44)59)35(67)52-20(4-12-28(45)60)36(68)53-21(5-13-29(46)61)37(69)54-22(6-14-30(47)62)38(70)55-23(7-15-31(48)63)39(71)56-24(40(72)73)8-16-32(49)64/h17-24H,1-16,41H2,(H2,42,57)(H2,43,58)(H2,44,59)(H2,45,60)(H2,46,61)(H2,47,62)(H2,48,63)(H2,49,64)(H,50,65)(H,51,66)(H,52,67)(H,53,68)(H,54,69)(H,55,70)(H,56,71)(H,72,73)/t17-,18-,19-,20-,21-,22-,23-,24-/m0/s1/i23+1,39+1. The van der Waals surface area contributed by atoms with Crippen molar-refractivity contribution in [1.82, 2.24) is 37.2 Å². The van der Waals surface area contributed by atoms with Crippen LogP contribution in [0.15, 0.2) is 0 Å². The van der Waals surface area contributed by atoms with Crippen molar-refractivity contribution in [2.45, 2.75) is 151 Å². The highest BCUT2D eigenvalue weighted by Crippen LogP contribution is 2.10. The van der Waals surface area contributed by atoms with Gasteiger partial charge in [-0.3, -0.25) is 71.9 Å². The number of nitrogens with one attached hydrogen (secondary N) is 7. The van der Waals surface area contributed by atoms with Crippen LogP contribution >= 0.6 is 0 Å². The van der Waals surface area contributed by atoms with Gasteiger partial charge in [0.25, 0.3) is 0 Å². The summed E-state index contributed by atoms with van der Waals surface area (Å²) in [6, 6.07) is -13.8. The number of rotatable bonds is 39. The molecule has 15 amide bonds. The van der Waals surface area contributed by atoms with E-state index in [1.54, 1.807) is 0 Å². The van der Waals surface area contributed by atoms with E-state index in [1.165, 1.54) is 0 Å². The van der Waals surface area contributed by atoms with E-state index in [-0.39, 0.29) is 12.8 Å². The summed E-state index contributed by atoms with van der Waals surface area (Å²) in [6.45, 7) is 0. The normalized spacial score (nSPS) is 14.0. The van der Waals surface area contributed by atoms with Gasteiger partial charge in [0.15, 0.2) is 0 Å². The van der Waals surface area contributed by atoms with Crippen LogP contribution < -0.4 is 88.8 Å². The highest BCUT2D eigenvalue weighted by Gasteiger charge is 2.35. The molecule has 33 heteroatoms. The van der Waals surface area contributed by atoms with Crippen LogP contribution in [0.3, 0.4) is 0 Å². The van der Waals surface area contributed by atoms with E-state index in [9.17, 15) is 81.8 Å². The minimum absolute atomic E-state index is 0.249. The van der Waals surface area contributed by atoms with Crippen molar-refractivity contribution < 1.29 is 81.8 Å². The number of carbonyl (C=O) groups excluding carboxylic acids is 15. The van der Waals surface area contributed by atoms with Crippen molar-refractivity contribution in [2.24, 2.45) is 51.6 Å². The zero-order valence-corrected chi connectivity index (χ0v) is 39.6. The molecule has 0 aromatic carbocycles. The van der Waals surface area contributed by atoms with E-state index in [0.717, 1.165) is 0 Å². The third kappa shape index (κ3) is 28.7. The van der Waals surface area contributed by atoms with E-state index in [0.29, 0.717) is 0 Å². The second-order valence-corrected chi connectivity index (χ2v) is 16.4. The van der Waals surface area contributed by atoms with Gasteiger partial charge in [0.1, 0.15) is 42.3 Å². The van der Waals surface area contributed by atoms with Crippen LogP contribution in [0.1, 0.15) is 103 Å². The smallest absolute Gasteiger partial charge is 0.326 e. The Kier molecular flexibility index (Phi) is 29.3. The van der Waals surface area contributed by atoms with Gasteiger partial charge in [-0.2, -0.15) is 0 Å². The fourth-order valence-corrected chi connectivity index (χ4v) is 6.22. The van der Waals surface area contributed by atoms with Crippen LogP contribution in [-0.2, 0) is 76.7 Å². The van der Waals surface area contributed by atoms with Crippen LogP contribution in [0, 0.1) is 0 Å². The Bertz CT molecular complexity index is 2090. The maximum Gasteiger partial charge on any atom is 0.326 e. The number of carboxylic acid groups (broad SMARTS) is 1. The van der Waals surface area contributed by atoms with Crippen LogP contribution in [0.2, 0.25) is 0 Å². The molecule has 26 N–H and O–H groups in total. The molecule has 0 rings (SSSR count). The Morgan fingerprint density at radius 2 is 0.411 bits per heavy atom. The molecule has 0 unspecified atom stereocenters. The molecule has 73 heavy (non-hydrogen) atoms. The largest absolute Gasteiger partial charge is 0.480 e. The Balaban J connectivity index is 6.91. The van der Waals surface area contributed by atoms with Gasteiger partial charge in [-0.15, -0.1) is 0 Å². The predicted molar refractivity (Wildman–Crippen MR) is 247 cm³/mol. The average Bonchev–Trinajstić information content (AvgIpc) is 3.28. The first-order valence-electron chi connectivity index (χ1n) is 22.3. The molecule has 0 aromatic rings. The molecular weight excluding hydrogens is 979 g/mol. The van der Waals surface area contributed by atoms with Crippen molar-refractivity contribution >= 4 is 94.6 Å². The van der Waals surface area contributed by atoms with Gasteiger partial charge >= 0.3 is 5.97 Å². The average molecular weight is 1050 g/mol. The summed E-state index contributed by atoms with van der Waals surface area (Å²) in [7, 11) is 0. The molecule has 0 bridgehead atoms. The number of amides is 15. The molecule has 0 radical (unpaired) electrons. The van der Waals surface area contributed by atoms with Crippen molar-refractivity contribution in [3.63, 3.8) is 0 Å². The topological polar surface area (TPSA) is 612 Å². The molecule has 0 spiro atoms. The Hall–Kier alpha value is -8.52. The molecule has 0 fully saturated rings. The van der Waals surface area contributed by atoms with Gasteiger partial charge in [0, 0.05) is 51.4 Å². The van der Waals surface area contributed by atoms with E-state index in [4.69, 9.17) is 51.6 Å². The minimum Gasteiger partial charge on any atom is -0.480 e. The number of carboxylic acids is 1. The fraction of sp³-hybridized carbons (Fsp3) is 0.600. The van der Waals surface area contributed by atoms with Gasteiger partial charge in [0.2, 0.25) is 88.6 Å². The molecule has 0 heterocycles. The predicted octanol–water partition coefficient (Wildman–Crippen LogP) is -10.1. The van der Waals surface area contributed by atoms with Crippen molar-refractivity contribution in [3.05, 3.63) is 0 Å². The Morgan fingerprint density at radius 3 is 0.589 bits per heavy atom. The van der Waals surface area contributed by atoms with Gasteiger partial charge < -0.3 is 93.9 Å². The third-order valence-electron chi connectivity index (χ3n) is 10.2. The quantitative estimate of drug-likeness (QED) is 0.0254. The fourth-order valence-electron chi connectivity index (χ4n) is 6.22. The molecular formula is C40H66N16O17. The molecule has 0 aliphatic rings. The summed E-state index contributed by atoms with van der Waals surface area (Å²) in [4.78, 5) is 200. The molecule has 0 aliphatic heterocycles. The number of hydrogen-bond acceptors (Lipinski definition) is 17. The summed E-state index contributed by atoms with van der Waals surface area (Å²) in [5.74, 6) is -17.6. The third-order valence-corrected chi connectivity index (χ3v) is 10.2. The molecule has 0 aliphatic carbocycles. The summed E-state index contributed by atoms with van der Waals surface area (Å²) < 4.78 is 0. The van der Waals surface area contributed by atoms with E-state index < -0.39 is 233 Å². The zero-order valence-electron chi connectivity index (χ0n) is 39.6. The first-order chi connectivity index (χ1) is 33.9. The van der Waals surface area contributed by atoms with Crippen LogP contribution in [-0.4, -0.2) is 148 Å².